The van der Waals surface area contributed by atoms with Crippen LogP contribution in [0, 0.1) is 0 Å². The number of hydrogen-bond donors (Lipinski definition) is 0. The first-order chi connectivity index (χ1) is 11.7. The van der Waals surface area contributed by atoms with Crippen molar-refractivity contribution < 1.29 is 9.53 Å². The van der Waals surface area contributed by atoms with E-state index in [1.54, 1.807) is 23.1 Å². The molecular weight excluding hydrogens is 376 g/mol. The summed E-state index contributed by atoms with van der Waals surface area (Å²) in [7, 11) is 0. The van der Waals surface area contributed by atoms with Crippen LogP contribution in [0.25, 0.3) is 0 Å². The SMILES string of the molecule is O=C(c1nn2c(c1Br)OCCC2)N1CCN(c2ncccn2)CC1. The normalized spacial score (nSPS) is 17.4. The first kappa shape index (κ1) is 15.4. The minimum Gasteiger partial charge on any atom is -0.477 e. The van der Waals surface area contributed by atoms with Gasteiger partial charge in [-0.15, -0.1) is 0 Å². The molecule has 0 aromatic carbocycles. The van der Waals surface area contributed by atoms with Crippen molar-refractivity contribution >= 4 is 27.8 Å². The fourth-order valence-corrected chi connectivity index (χ4v) is 3.52. The predicted molar refractivity (Wildman–Crippen MR) is 90.2 cm³/mol. The molecule has 0 bridgehead atoms. The van der Waals surface area contributed by atoms with Gasteiger partial charge >= 0.3 is 0 Å². The van der Waals surface area contributed by atoms with Crippen LogP contribution < -0.4 is 9.64 Å². The average Bonchev–Trinajstić information content (AvgIpc) is 2.99. The van der Waals surface area contributed by atoms with Crippen LogP contribution in [0.1, 0.15) is 16.9 Å². The number of aromatic nitrogens is 4. The van der Waals surface area contributed by atoms with Crippen LogP contribution in [0.15, 0.2) is 22.9 Å². The highest BCUT2D eigenvalue weighted by Crippen LogP contribution is 2.32. The van der Waals surface area contributed by atoms with Crippen LogP contribution in [0.5, 0.6) is 5.88 Å². The summed E-state index contributed by atoms with van der Waals surface area (Å²) in [6.45, 7) is 4.09. The van der Waals surface area contributed by atoms with E-state index in [4.69, 9.17) is 4.74 Å². The van der Waals surface area contributed by atoms with Gasteiger partial charge in [0.1, 0.15) is 4.47 Å². The van der Waals surface area contributed by atoms with Crippen molar-refractivity contribution in [3.05, 3.63) is 28.6 Å². The fraction of sp³-hybridized carbons (Fsp3) is 0.467. The molecule has 1 saturated heterocycles. The Morgan fingerprint density at radius 1 is 1.12 bits per heavy atom. The Kier molecular flexibility index (Phi) is 4.09. The van der Waals surface area contributed by atoms with Gasteiger partial charge in [0.15, 0.2) is 5.69 Å². The van der Waals surface area contributed by atoms with Gasteiger partial charge in [-0.25, -0.2) is 14.6 Å². The number of rotatable bonds is 2. The van der Waals surface area contributed by atoms with E-state index in [0.717, 1.165) is 13.0 Å². The van der Waals surface area contributed by atoms with Gasteiger partial charge in [-0.3, -0.25) is 4.79 Å². The summed E-state index contributed by atoms with van der Waals surface area (Å²) in [6, 6.07) is 1.80. The maximum atomic E-state index is 12.8. The highest BCUT2D eigenvalue weighted by atomic mass is 79.9. The predicted octanol–water partition coefficient (Wildman–Crippen LogP) is 1.18. The summed E-state index contributed by atoms with van der Waals surface area (Å²) in [5, 5.41) is 4.42. The van der Waals surface area contributed by atoms with Crippen LogP contribution in [-0.2, 0) is 6.54 Å². The number of ether oxygens (including phenoxy) is 1. The Bertz CT molecular complexity index is 742. The van der Waals surface area contributed by atoms with Crippen LogP contribution in [0.4, 0.5) is 5.95 Å². The largest absolute Gasteiger partial charge is 0.477 e. The zero-order valence-corrected chi connectivity index (χ0v) is 14.6. The topological polar surface area (TPSA) is 76.4 Å². The van der Waals surface area contributed by atoms with E-state index < -0.39 is 0 Å². The van der Waals surface area contributed by atoms with E-state index in [-0.39, 0.29) is 5.91 Å². The van der Waals surface area contributed by atoms with Crippen molar-refractivity contribution in [2.24, 2.45) is 0 Å². The van der Waals surface area contributed by atoms with Gasteiger partial charge in [0.05, 0.1) is 6.61 Å². The molecule has 4 rings (SSSR count). The van der Waals surface area contributed by atoms with E-state index in [1.807, 2.05) is 4.90 Å². The molecule has 2 aromatic heterocycles. The summed E-state index contributed by atoms with van der Waals surface area (Å²) in [5.41, 5.74) is 0.427. The molecule has 0 unspecified atom stereocenters. The summed E-state index contributed by atoms with van der Waals surface area (Å²) >= 11 is 3.47. The minimum absolute atomic E-state index is 0.0685. The van der Waals surface area contributed by atoms with Crippen LogP contribution in [0.3, 0.4) is 0 Å². The number of hydrogen-bond acceptors (Lipinski definition) is 6. The van der Waals surface area contributed by atoms with Gasteiger partial charge < -0.3 is 14.5 Å². The van der Waals surface area contributed by atoms with E-state index in [9.17, 15) is 4.79 Å². The molecule has 4 heterocycles. The number of nitrogens with zero attached hydrogens (tertiary/aromatic N) is 6. The maximum absolute atomic E-state index is 12.8. The Hall–Kier alpha value is -2.16. The van der Waals surface area contributed by atoms with Crippen molar-refractivity contribution in [1.82, 2.24) is 24.6 Å². The molecule has 0 radical (unpaired) electrons. The molecule has 0 spiro atoms. The van der Waals surface area contributed by atoms with Crippen molar-refractivity contribution in [1.29, 1.82) is 0 Å². The lowest BCUT2D eigenvalue weighted by Gasteiger charge is -2.34. The standard InChI is InChI=1S/C15H17BrN6O2/c16-11-12(19-22-5-2-10-24-14(11)22)13(23)20-6-8-21(9-7-20)15-17-3-1-4-18-15/h1,3-4H,2,5-10H2. The van der Waals surface area contributed by atoms with Gasteiger partial charge in [-0.2, -0.15) is 5.10 Å². The first-order valence-electron chi connectivity index (χ1n) is 7.94. The van der Waals surface area contributed by atoms with Crippen LogP contribution in [-0.4, -0.2) is 63.3 Å². The lowest BCUT2D eigenvalue weighted by molar-refractivity contribution is 0.0738. The number of fused-ring (bicyclic) bond motifs is 1. The summed E-state index contributed by atoms with van der Waals surface area (Å²) < 4.78 is 8.02. The van der Waals surface area contributed by atoms with Crippen molar-refractivity contribution in [3.8, 4) is 5.88 Å². The Morgan fingerprint density at radius 2 is 1.88 bits per heavy atom. The van der Waals surface area contributed by atoms with E-state index in [2.05, 4.69) is 35.9 Å². The molecule has 9 heteroatoms. The third-order valence-electron chi connectivity index (χ3n) is 4.21. The van der Waals surface area contributed by atoms with Gasteiger partial charge in [0.2, 0.25) is 11.8 Å². The second-order valence-electron chi connectivity index (χ2n) is 5.72. The average molecular weight is 393 g/mol. The molecule has 24 heavy (non-hydrogen) atoms. The van der Waals surface area contributed by atoms with E-state index in [1.165, 1.54) is 0 Å². The van der Waals surface area contributed by atoms with Gasteiger partial charge in [-0.05, 0) is 22.0 Å². The molecule has 2 aliphatic heterocycles. The number of piperazine rings is 1. The highest BCUT2D eigenvalue weighted by molar-refractivity contribution is 9.10. The molecule has 1 fully saturated rings. The Labute approximate surface area is 147 Å². The number of aryl methyl sites for hydroxylation is 1. The maximum Gasteiger partial charge on any atom is 0.275 e. The molecule has 0 aliphatic carbocycles. The number of halogens is 1. The Morgan fingerprint density at radius 3 is 2.58 bits per heavy atom. The molecule has 2 aromatic rings. The number of anilines is 1. The molecular formula is C15H17BrN6O2. The summed E-state index contributed by atoms with van der Waals surface area (Å²) in [5.74, 6) is 1.29. The molecule has 126 valence electrons. The number of carbonyl (C=O) groups excluding carboxylic acids is 1. The smallest absolute Gasteiger partial charge is 0.275 e. The van der Waals surface area contributed by atoms with Gasteiger partial charge in [0.25, 0.3) is 5.91 Å². The van der Waals surface area contributed by atoms with Crippen LogP contribution in [0.2, 0.25) is 0 Å². The second-order valence-corrected chi connectivity index (χ2v) is 6.51. The minimum atomic E-state index is -0.0685. The fourth-order valence-electron chi connectivity index (χ4n) is 2.95. The molecule has 0 atom stereocenters. The first-order valence-corrected chi connectivity index (χ1v) is 8.73. The lowest BCUT2D eigenvalue weighted by atomic mass is 10.3. The zero-order valence-electron chi connectivity index (χ0n) is 13.1. The Balaban J connectivity index is 1.46. The molecule has 8 nitrogen and oxygen atoms in total. The molecule has 0 saturated carbocycles. The van der Waals surface area contributed by atoms with E-state index in [0.29, 0.717) is 54.8 Å². The zero-order chi connectivity index (χ0) is 16.5. The number of carbonyl (C=O) groups is 1. The van der Waals surface area contributed by atoms with Crippen LogP contribution >= 0.6 is 15.9 Å². The van der Waals surface area contributed by atoms with Gasteiger partial charge in [-0.1, -0.05) is 0 Å². The van der Waals surface area contributed by atoms with E-state index >= 15 is 0 Å². The molecule has 1 amide bonds. The number of amides is 1. The monoisotopic (exact) mass is 392 g/mol. The second kappa shape index (κ2) is 6.39. The molecule has 2 aliphatic rings. The van der Waals surface area contributed by atoms with Crippen molar-refractivity contribution in [3.63, 3.8) is 0 Å². The summed E-state index contributed by atoms with van der Waals surface area (Å²) in [6.07, 6.45) is 4.36. The van der Waals surface area contributed by atoms with Crippen molar-refractivity contribution in [2.45, 2.75) is 13.0 Å². The molecule has 0 N–H and O–H groups in total. The quantitative estimate of drug-likeness (QED) is 0.763. The van der Waals surface area contributed by atoms with Crippen molar-refractivity contribution in [2.75, 3.05) is 37.7 Å². The van der Waals surface area contributed by atoms with Gasteiger partial charge in [0, 0.05) is 51.5 Å². The lowest BCUT2D eigenvalue weighted by Crippen LogP contribution is -2.49. The third kappa shape index (κ3) is 2.72. The highest BCUT2D eigenvalue weighted by Gasteiger charge is 2.30. The third-order valence-corrected chi connectivity index (χ3v) is 4.92. The summed E-state index contributed by atoms with van der Waals surface area (Å²) in [4.78, 5) is 25.2.